The number of benzene rings is 3. The van der Waals surface area contributed by atoms with Crippen LogP contribution in [0.25, 0.3) is 0 Å². The van der Waals surface area contributed by atoms with Crippen molar-refractivity contribution in [2.75, 3.05) is 6.61 Å². The minimum absolute atomic E-state index is 0.0305. The Labute approximate surface area is 225 Å². The number of hydrogen-bond acceptors (Lipinski definition) is 3. The Morgan fingerprint density at radius 3 is 2.39 bits per heavy atom. The van der Waals surface area contributed by atoms with Crippen LogP contribution < -0.4 is 10.1 Å². The first-order valence-corrected chi connectivity index (χ1v) is 13.5. The first-order chi connectivity index (χ1) is 18.4. The molecule has 1 saturated carbocycles. The third-order valence-corrected chi connectivity index (χ3v) is 7.43. The van der Waals surface area contributed by atoms with Gasteiger partial charge in [0, 0.05) is 24.6 Å². The predicted octanol–water partition coefficient (Wildman–Crippen LogP) is 5.91. The highest BCUT2D eigenvalue weighted by Gasteiger charge is 2.32. The molecule has 1 fully saturated rings. The lowest BCUT2D eigenvalue weighted by Crippen LogP contribution is -2.53. The van der Waals surface area contributed by atoms with Crippen molar-refractivity contribution in [3.8, 4) is 5.75 Å². The molecular weight excluding hydrogens is 479 g/mol. The van der Waals surface area contributed by atoms with Crippen LogP contribution >= 0.6 is 0 Å². The maximum atomic E-state index is 14.8. The zero-order valence-electron chi connectivity index (χ0n) is 22.3. The van der Waals surface area contributed by atoms with Gasteiger partial charge < -0.3 is 15.0 Å². The molecule has 0 bridgehead atoms. The molecule has 1 atom stereocenters. The fourth-order valence-electron chi connectivity index (χ4n) is 5.01. The lowest BCUT2D eigenvalue weighted by atomic mass is 9.94. The van der Waals surface area contributed by atoms with Crippen molar-refractivity contribution in [2.24, 2.45) is 0 Å². The van der Waals surface area contributed by atoms with Crippen molar-refractivity contribution in [1.82, 2.24) is 10.2 Å². The zero-order valence-corrected chi connectivity index (χ0v) is 22.3. The fraction of sp³-hybridized carbons (Fsp3) is 0.375. The molecule has 0 spiro atoms. The minimum atomic E-state index is -0.811. The molecule has 4 rings (SSSR count). The van der Waals surface area contributed by atoms with E-state index in [1.165, 1.54) is 17.4 Å². The first kappa shape index (κ1) is 27.4. The number of nitrogens with one attached hydrogen (secondary N) is 1. The summed E-state index contributed by atoms with van der Waals surface area (Å²) in [7, 11) is 0. The van der Waals surface area contributed by atoms with E-state index in [-0.39, 0.29) is 31.0 Å². The normalized spacial score (nSPS) is 14.5. The van der Waals surface area contributed by atoms with Gasteiger partial charge in [-0.15, -0.1) is 0 Å². The summed E-state index contributed by atoms with van der Waals surface area (Å²) in [4.78, 5) is 29.0. The quantitative estimate of drug-likeness (QED) is 0.364. The molecule has 200 valence electrons. The Hall–Kier alpha value is -3.67. The van der Waals surface area contributed by atoms with Crippen molar-refractivity contribution in [3.05, 3.63) is 101 Å². The van der Waals surface area contributed by atoms with Gasteiger partial charge in [0.2, 0.25) is 5.91 Å². The van der Waals surface area contributed by atoms with Crippen molar-refractivity contribution in [1.29, 1.82) is 0 Å². The van der Waals surface area contributed by atoms with Gasteiger partial charge in [0.05, 0.1) is 0 Å². The molecule has 38 heavy (non-hydrogen) atoms. The first-order valence-electron chi connectivity index (χ1n) is 13.5. The number of rotatable bonds is 10. The minimum Gasteiger partial charge on any atom is -0.483 e. The summed E-state index contributed by atoms with van der Waals surface area (Å²) in [5.74, 6) is -0.367. The maximum Gasteiger partial charge on any atom is 0.261 e. The summed E-state index contributed by atoms with van der Waals surface area (Å²) >= 11 is 0. The summed E-state index contributed by atoms with van der Waals surface area (Å²) in [6.45, 7) is 3.65. The standard InChI is InChI=1S/C32H37FN2O3/c1-23-12-11-19-30(24(23)2)38-22-31(36)35(21-26-15-9-10-18-28(26)33)29(20-25-13-5-3-6-14-25)32(37)34-27-16-7-4-8-17-27/h3,5-6,9-15,18-19,27,29H,4,7-8,16-17,20-22H2,1-2H3,(H,34,37)/t29-/m0/s1. The van der Waals surface area contributed by atoms with Crippen LogP contribution in [0.3, 0.4) is 0 Å². The molecule has 2 amide bonds. The van der Waals surface area contributed by atoms with Crippen molar-refractivity contribution >= 4 is 11.8 Å². The van der Waals surface area contributed by atoms with Crippen LogP contribution in [0.5, 0.6) is 5.75 Å². The molecule has 0 aliphatic heterocycles. The van der Waals surface area contributed by atoms with Crippen molar-refractivity contribution < 1.29 is 18.7 Å². The SMILES string of the molecule is Cc1cccc(OCC(=O)N(Cc2ccccc2F)[C@@H](Cc2ccccc2)C(=O)NC2CCCCC2)c1C. The molecule has 0 saturated heterocycles. The average molecular weight is 517 g/mol. The van der Waals surface area contributed by atoms with Crippen molar-refractivity contribution in [3.63, 3.8) is 0 Å². The van der Waals surface area contributed by atoms with Gasteiger partial charge in [-0.1, -0.05) is 79.9 Å². The van der Waals surface area contributed by atoms with Gasteiger partial charge in [0.1, 0.15) is 17.6 Å². The molecule has 3 aromatic carbocycles. The number of ether oxygens (including phenoxy) is 1. The van der Waals surface area contributed by atoms with Crippen LogP contribution in [0.15, 0.2) is 72.8 Å². The molecule has 0 aromatic heterocycles. The van der Waals surface area contributed by atoms with Crippen LogP contribution in [0, 0.1) is 19.7 Å². The van der Waals surface area contributed by atoms with Crippen LogP contribution in [0.1, 0.15) is 54.4 Å². The van der Waals surface area contributed by atoms with E-state index in [2.05, 4.69) is 5.32 Å². The van der Waals surface area contributed by atoms with Gasteiger partial charge in [-0.25, -0.2) is 4.39 Å². The highest BCUT2D eigenvalue weighted by atomic mass is 19.1. The number of aryl methyl sites for hydroxylation is 1. The van der Waals surface area contributed by atoms with E-state index in [9.17, 15) is 14.0 Å². The Bertz CT molecular complexity index is 1220. The van der Waals surface area contributed by atoms with E-state index in [4.69, 9.17) is 4.74 Å². The van der Waals surface area contributed by atoms with Crippen LogP contribution in [0.4, 0.5) is 4.39 Å². The molecule has 6 heteroatoms. The van der Waals surface area contributed by atoms with E-state index in [0.717, 1.165) is 42.4 Å². The number of carbonyl (C=O) groups is 2. The molecule has 1 aliphatic carbocycles. The Kier molecular flexibility index (Phi) is 9.52. The van der Waals surface area contributed by atoms with Gasteiger partial charge in [0.15, 0.2) is 6.61 Å². The number of halogens is 1. The summed E-state index contributed by atoms with van der Waals surface area (Å²) in [6, 6.07) is 21.0. The second-order valence-electron chi connectivity index (χ2n) is 10.1. The monoisotopic (exact) mass is 516 g/mol. The topological polar surface area (TPSA) is 58.6 Å². The number of nitrogens with zero attached hydrogens (tertiary/aromatic N) is 1. The molecule has 5 nitrogen and oxygen atoms in total. The van der Waals surface area contributed by atoms with E-state index < -0.39 is 11.9 Å². The Morgan fingerprint density at radius 1 is 0.947 bits per heavy atom. The van der Waals surface area contributed by atoms with Gasteiger partial charge in [-0.3, -0.25) is 9.59 Å². The Morgan fingerprint density at radius 2 is 1.66 bits per heavy atom. The van der Waals surface area contributed by atoms with E-state index >= 15 is 0 Å². The summed E-state index contributed by atoms with van der Waals surface area (Å²) in [6.07, 6.45) is 5.52. The third-order valence-electron chi connectivity index (χ3n) is 7.43. The lowest BCUT2D eigenvalue weighted by Gasteiger charge is -2.33. The van der Waals surface area contributed by atoms with Crippen LogP contribution in [-0.2, 0) is 22.6 Å². The second kappa shape index (κ2) is 13.2. The predicted molar refractivity (Wildman–Crippen MR) is 147 cm³/mol. The maximum absolute atomic E-state index is 14.8. The zero-order chi connectivity index (χ0) is 26.9. The van der Waals surface area contributed by atoms with Gasteiger partial charge in [-0.2, -0.15) is 0 Å². The summed E-state index contributed by atoms with van der Waals surface area (Å²) in [5.41, 5.74) is 3.30. The molecule has 0 unspecified atom stereocenters. The van der Waals surface area contributed by atoms with Gasteiger partial charge >= 0.3 is 0 Å². The van der Waals surface area contributed by atoms with Crippen molar-refractivity contribution in [2.45, 2.75) is 71.0 Å². The molecule has 1 aliphatic rings. The van der Waals surface area contributed by atoms with Gasteiger partial charge in [0.25, 0.3) is 5.91 Å². The van der Waals surface area contributed by atoms with E-state index in [1.807, 2.05) is 62.4 Å². The lowest BCUT2D eigenvalue weighted by molar-refractivity contribution is -0.143. The smallest absolute Gasteiger partial charge is 0.261 e. The third kappa shape index (κ3) is 7.21. The van der Waals surface area contributed by atoms with Crippen LogP contribution in [-0.4, -0.2) is 35.4 Å². The Balaban J connectivity index is 1.63. The van der Waals surface area contributed by atoms with Crippen LogP contribution in [0.2, 0.25) is 0 Å². The van der Waals surface area contributed by atoms with Gasteiger partial charge in [-0.05, 0) is 55.5 Å². The highest BCUT2D eigenvalue weighted by molar-refractivity contribution is 5.88. The molecule has 1 N–H and O–H groups in total. The highest BCUT2D eigenvalue weighted by Crippen LogP contribution is 2.23. The molecule has 0 radical (unpaired) electrons. The summed E-state index contributed by atoms with van der Waals surface area (Å²) in [5, 5.41) is 3.20. The number of carbonyl (C=O) groups excluding carboxylic acids is 2. The average Bonchev–Trinajstić information content (AvgIpc) is 2.93. The largest absolute Gasteiger partial charge is 0.483 e. The molecule has 3 aromatic rings. The van der Waals surface area contributed by atoms with E-state index in [1.54, 1.807) is 18.2 Å². The second-order valence-corrected chi connectivity index (χ2v) is 10.1. The summed E-state index contributed by atoms with van der Waals surface area (Å²) < 4.78 is 20.7. The fourth-order valence-corrected chi connectivity index (χ4v) is 5.01. The number of amides is 2. The molecule has 0 heterocycles. The van der Waals surface area contributed by atoms with E-state index in [0.29, 0.717) is 17.7 Å². The number of hydrogen-bond donors (Lipinski definition) is 1. The molecular formula is C32H37FN2O3.